The summed E-state index contributed by atoms with van der Waals surface area (Å²) in [5.74, 6) is -0.453. The van der Waals surface area contributed by atoms with Crippen LogP contribution in [0.1, 0.15) is 43.4 Å². The summed E-state index contributed by atoms with van der Waals surface area (Å²) in [5.41, 5.74) is 3.23. The molecule has 1 aliphatic heterocycles. The second-order valence-corrected chi connectivity index (χ2v) is 6.37. The molecule has 1 aliphatic rings. The third kappa shape index (κ3) is 2.98. The maximum absolute atomic E-state index is 13.8. The number of hydrogen-bond acceptors (Lipinski definition) is 2. The number of fused-ring (bicyclic) bond motifs is 1. The van der Waals surface area contributed by atoms with Crippen molar-refractivity contribution in [3.8, 4) is 0 Å². The van der Waals surface area contributed by atoms with Gasteiger partial charge in [-0.15, -0.1) is 0 Å². The van der Waals surface area contributed by atoms with Gasteiger partial charge in [0.15, 0.2) is 0 Å². The predicted molar refractivity (Wildman–Crippen MR) is 86.3 cm³/mol. The van der Waals surface area contributed by atoms with Crippen LogP contribution in [0.4, 0.5) is 13.2 Å². The summed E-state index contributed by atoms with van der Waals surface area (Å²) in [6.45, 7) is 3.83. The lowest BCUT2D eigenvalue weighted by atomic mass is 9.87. The Morgan fingerprint density at radius 2 is 1.83 bits per heavy atom. The molecule has 0 aliphatic carbocycles. The number of hydrazine groups is 1. The quantitative estimate of drug-likeness (QED) is 0.906. The van der Waals surface area contributed by atoms with Crippen LogP contribution in [-0.4, -0.2) is 23.6 Å². The number of rotatable bonds is 3. The van der Waals surface area contributed by atoms with E-state index < -0.39 is 12.2 Å². The Kier molecular flexibility index (Phi) is 4.25. The zero-order chi connectivity index (χ0) is 17.5. The van der Waals surface area contributed by atoms with Gasteiger partial charge in [-0.3, -0.25) is 10.2 Å². The SMILES string of the molecule is CC(C)c1c([C@H](N2CCC(=O)N2)C(F)(F)F)ccc2ccccc12. The number of carbonyl (C=O) groups excluding carboxylic acids is 1. The number of benzene rings is 2. The van der Waals surface area contributed by atoms with Crippen molar-refractivity contribution in [3.63, 3.8) is 0 Å². The lowest BCUT2D eigenvalue weighted by Crippen LogP contribution is -2.44. The second kappa shape index (κ2) is 6.09. The van der Waals surface area contributed by atoms with Gasteiger partial charge in [-0.25, -0.2) is 5.01 Å². The molecule has 0 aromatic heterocycles. The average molecular weight is 336 g/mol. The van der Waals surface area contributed by atoms with E-state index in [-0.39, 0.29) is 30.4 Å². The molecule has 24 heavy (non-hydrogen) atoms. The van der Waals surface area contributed by atoms with E-state index in [1.165, 1.54) is 0 Å². The van der Waals surface area contributed by atoms with Crippen LogP contribution in [0, 0.1) is 0 Å². The summed E-state index contributed by atoms with van der Waals surface area (Å²) in [7, 11) is 0. The lowest BCUT2D eigenvalue weighted by molar-refractivity contribution is -0.191. The monoisotopic (exact) mass is 336 g/mol. The molecule has 0 unspecified atom stereocenters. The highest BCUT2D eigenvalue weighted by Gasteiger charge is 2.48. The van der Waals surface area contributed by atoms with Gasteiger partial charge in [0.05, 0.1) is 0 Å². The molecule has 0 spiro atoms. The van der Waals surface area contributed by atoms with Gasteiger partial charge in [0.1, 0.15) is 6.04 Å². The largest absolute Gasteiger partial charge is 0.409 e. The number of halogens is 3. The number of nitrogens with one attached hydrogen (secondary N) is 1. The molecular weight excluding hydrogens is 317 g/mol. The van der Waals surface area contributed by atoms with Gasteiger partial charge >= 0.3 is 6.18 Å². The van der Waals surface area contributed by atoms with E-state index in [2.05, 4.69) is 5.43 Å². The van der Waals surface area contributed by atoms with E-state index in [4.69, 9.17) is 0 Å². The zero-order valence-electron chi connectivity index (χ0n) is 13.5. The normalized spacial score (nSPS) is 17.5. The molecule has 0 saturated carbocycles. The first-order valence-corrected chi connectivity index (χ1v) is 7.93. The Hall–Kier alpha value is -2.08. The Labute approximate surface area is 138 Å². The number of hydrogen-bond donors (Lipinski definition) is 1. The fraction of sp³-hybridized carbons (Fsp3) is 0.389. The Morgan fingerprint density at radius 1 is 1.12 bits per heavy atom. The topological polar surface area (TPSA) is 32.3 Å². The molecule has 128 valence electrons. The van der Waals surface area contributed by atoms with Gasteiger partial charge in [-0.05, 0) is 27.8 Å². The van der Waals surface area contributed by atoms with Crippen LogP contribution in [-0.2, 0) is 4.79 Å². The van der Waals surface area contributed by atoms with Crippen molar-refractivity contribution >= 4 is 16.7 Å². The minimum absolute atomic E-state index is 0.0490. The molecule has 6 heteroatoms. The molecular formula is C18H19F3N2O. The van der Waals surface area contributed by atoms with Crippen LogP contribution >= 0.6 is 0 Å². The molecule has 1 atom stereocenters. The van der Waals surface area contributed by atoms with E-state index in [1.54, 1.807) is 12.1 Å². The van der Waals surface area contributed by atoms with Crippen molar-refractivity contribution in [2.24, 2.45) is 0 Å². The maximum Gasteiger partial charge on any atom is 0.409 e. The van der Waals surface area contributed by atoms with Crippen molar-refractivity contribution < 1.29 is 18.0 Å². The van der Waals surface area contributed by atoms with Gasteiger partial charge in [0, 0.05) is 13.0 Å². The van der Waals surface area contributed by atoms with Gasteiger partial charge in [-0.1, -0.05) is 50.2 Å². The lowest BCUT2D eigenvalue weighted by Gasteiger charge is -2.32. The summed E-state index contributed by atoms with van der Waals surface area (Å²) in [6.07, 6.45) is -4.40. The first-order chi connectivity index (χ1) is 11.3. The molecule has 2 aromatic carbocycles. The third-order valence-electron chi connectivity index (χ3n) is 4.35. The number of carbonyl (C=O) groups is 1. The van der Waals surface area contributed by atoms with E-state index in [9.17, 15) is 18.0 Å². The summed E-state index contributed by atoms with van der Waals surface area (Å²) in [4.78, 5) is 11.4. The minimum atomic E-state index is -4.48. The molecule has 2 aromatic rings. The smallest absolute Gasteiger partial charge is 0.288 e. The first kappa shape index (κ1) is 16.8. The molecule has 3 nitrogen and oxygen atoms in total. The van der Waals surface area contributed by atoms with Crippen molar-refractivity contribution in [3.05, 3.63) is 47.5 Å². The standard InChI is InChI=1S/C18H19F3N2O/c1-11(2)16-13-6-4-3-5-12(13)7-8-14(16)17(18(19,20)21)23-10-9-15(24)22-23/h3-8,11,17H,9-10H2,1-2H3,(H,22,24)/t17-/m0/s1. The van der Waals surface area contributed by atoms with Crippen LogP contribution in [0.2, 0.25) is 0 Å². The first-order valence-electron chi connectivity index (χ1n) is 7.93. The summed E-state index contributed by atoms with van der Waals surface area (Å²) in [5, 5.41) is 2.75. The fourth-order valence-electron chi connectivity index (χ4n) is 3.40. The molecule has 0 bridgehead atoms. The number of amides is 1. The molecule has 1 amide bonds. The molecule has 1 heterocycles. The van der Waals surface area contributed by atoms with Gasteiger partial charge in [-0.2, -0.15) is 13.2 Å². The zero-order valence-corrected chi connectivity index (χ0v) is 13.5. The van der Waals surface area contributed by atoms with E-state index in [1.807, 2.05) is 38.1 Å². The van der Waals surface area contributed by atoms with Crippen LogP contribution < -0.4 is 5.43 Å². The predicted octanol–water partition coefficient (Wildman–Crippen LogP) is 4.30. The number of alkyl halides is 3. The maximum atomic E-state index is 13.8. The molecule has 1 N–H and O–H groups in total. The Morgan fingerprint density at radius 3 is 2.42 bits per heavy atom. The highest BCUT2D eigenvalue weighted by atomic mass is 19.4. The van der Waals surface area contributed by atoms with Crippen LogP contribution in [0.3, 0.4) is 0 Å². The summed E-state index contributed by atoms with van der Waals surface area (Å²) < 4.78 is 41.5. The highest BCUT2D eigenvalue weighted by molar-refractivity contribution is 5.87. The van der Waals surface area contributed by atoms with Crippen molar-refractivity contribution in [2.75, 3.05) is 6.54 Å². The van der Waals surface area contributed by atoms with Crippen LogP contribution in [0.25, 0.3) is 10.8 Å². The Bertz CT molecular complexity index is 770. The summed E-state index contributed by atoms with van der Waals surface area (Å²) in [6, 6.07) is 8.86. The molecule has 1 fully saturated rings. The summed E-state index contributed by atoms with van der Waals surface area (Å²) >= 11 is 0. The van der Waals surface area contributed by atoms with E-state index in [0.29, 0.717) is 5.56 Å². The van der Waals surface area contributed by atoms with Crippen molar-refractivity contribution in [1.82, 2.24) is 10.4 Å². The molecule has 1 saturated heterocycles. The number of nitrogens with zero attached hydrogens (tertiary/aromatic N) is 1. The Balaban J connectivity index is 2.20. The fourth-order valence-corrected chi connectivity index (χ4v) is 3.40. The van der Waals surface area contributed by atoms with E-state index >= 15 is 0 Å². The third-order valence-corrected chi connectivity index (χ3v) is 4.35. The van der Waals surface area contributed by atoms with Gasteiger partial charge in [0.2, 0.25) is 5.91 Å². The second-order valence-electron chi connectivity index (χ2n) is 6.37. The van der Waals surface area contributed by atoms with Crippen LogP contribution in [0.5, 0.6) is 0 Å². The molecule has 3 rings (SSSR count). The van der Waals surface area contributed by atoms with Crippen molar-refractivity contribution in [2.45, 2.75) is 38.4 Å². The van der Waals surface area contributed by atoms with Crippen LogP contribution in [0.15, 0.2) is 36.4 Å². The molecule has 0 radical (unpaired) electrons. The highest BCUT2D eigenvalue weighted by Crippen LogP contribution is 2.42. The minimum Gasteiger partial charge on any atom is -0.288 e. The van der Waals surface area contributed by atoms with Gasteiger partial charge in [0.25, 0.3) is 0 Å². The van der Waals surface area contributed by atoms with Gasteiger partial charge < -0.3 is 0 Å². The van der Waals surface area contributed by atoms with Crippen molar-refractivity contribution in [1.29, 1.82) is 0 Å². The average Bonchev–Trinajstić information content (AvgIpc) is 2.91. The van der Waals surface area contributed by atoms with E-state index in [0.717, 1.165) is 15.8 Å².